The van der Waals surface area contributed by atoms with Crippen molar-refractivity contribution >= 4 is 11.0 Å². The van der Waals surface area contributed by atoms with Crippen LogP contribution < -0.4 is 0 Å². The molecule has 0 saturated carbocycles. The maximum atomic E-state index is 4.89. The highest BCUT2D eigenvalue weighted by Gasteiger charge is 2.18. The maximum Gasteiger partial charge on any atom is 0.117 e. The molecule has 0 atom stereocenters. The molecule has 0 spiro atoms. The standard InChI is InChI=1S/C24H25N3/c1-3-11-19-17-22-24(26-27(25-22)20-15-9-6-10-16-20)21(12-4-2)23(19)18-13-7-5-8-14-18/h5-10,13-17H,3-4,11-12H2,1-2H3. The van der Waals surface area contributed by atoms with Crippen LogP contribution >= 0.6 is 0 Å². The number of aryl methyl sites for hydroxylation is 2. The fourth-order valence-corrected chi connectivity index (χ4v) is 3.78. The van der Waals surface area contributed by atoms with Crippen LogP contribution in [-0.4, -0.2) is 15.0 Å². The number of nitrogens with zero attached hydrogens (tertiary/aromatic N) is 3. The minimum absolute atomic E-state index is 0.991. The van der Waals surface area contributed by atoms with Gasteiger partial charge in [-0.05, 0) is 53.3 Å². The van der Waals surface area contributed by atoms with E-state index in [1.54, 1.807) is 4.80 Å². The molecule has 3 heteroatoms. The van der Waals surface area contributed by atoms with Crippen LogP contribution in [0.1, 0.15) is 37.8 Å². The van der Waals surface area contributed by atoms with Gasteiger partial charge in [-0.1, -0.05) is 75.2 Å². The summed E-state index contributed by atoms with van der Waals surface area (Å²) in [5, 5.41) is 9.70. The van der Waals surface area contributed by atoms with Gasteiger partial charge < -0.3 is 0 Å². The highest BCUT2D eigenvalue weighted by molar-refractivity contribution is 5.89. The summed E-state index contributed by atoms with van der Waals surface area (Å²) in [6.45, 7) is 4.47. The fourth-order valence-electron chi connectivity index (χ4n) is 3.78. The average Bonchev–Trinajstić information content (AvgIpc) is 3.14. The predicted octanol–water partition coefficient (Wildman–Crippen LogP) is 5.99. The highest BCUT2D eigenvalue weighted by Crippen LogP contribution is 2.34. The summed E-state index contributed by atoms with van der Waals surface area (Å²) in [6.07, 6.45) is 4.26. The summed E-state index contributed by atoms with van der Waals surface area (Å²) in [4.78, 5) is 1.77. The molecule has 3 nitrogen and oxygen atoms in total. The van der Waals surface area contributed by atoms with Crippen LogP contribution in [-0.2, 0) is 12.8 Å². The molecule has 0 radical (unpaired) electrons. The number of hydrogen-bond acceptors (Lipinski definition) is 2. The van der Waals surface area contributed by atoms with E-state index in [2.05, 4.69) is 50.2 Å². The number of benzene rings is 3. The van der Waals surface area contributed by atoms with Gasteiger partial charge in [-0.25, -0.2) is 0 Å². The van der Waals surface area contributed by atoms with Crippen molar-refractivity contribution in [2.75, 3.05) is 0 Å². The highest BCUT2D eigenvalue weighted by atomic mass is 15.5. The number of fused-ring (bicyclic) bond motifs is 1. The van der Waals surface area contributed by atoms with Crippen LogP contribution in [0.5, 0.6) is 0 Å². The lowest BCUT2D eigenvalue weighted by atomic mass is 9.89. The van der Waals surface area contributed by atoms with Crippen LogP contribution in [0.25, 0.3) is 27.8 Å². The first kappa shape index (κ1) is 17.5. The second-order valence-electron chi connectivity index (χ2n) is 6.95. The second kappa shape index (κ2) is 7.75. The molecule has 0 bridgehead atoms. The summed E-state index contributed by atoms with van der Waals surface area (Å²) >= 11 is 0. The number of para-hydroxylation sites is 1. The average molecular weight is 355 g/mol. The molecule has 3 aromatic carbocycles. The molecule has 27 heavy (non-hydrogen) atoms. The Bertz CT molecular complexity index is 1030. The van der Waals surface area contributed by atoms with Gasteiger partial charge in [0.1, 0.15) is 11.0 Å². The van der Waals surface area contributed by atoms with Crippen LogP contribution in [0.2, 0.25) is 0 Å². The molecule has 0 aliphatic carbocycles. The van der Waals surface area contributed by atoms with E-state index >= 15 is 0 Å². The minimum Gasteiger partial charge on any atom is -0.150 e. The van der Waals surface area contributed by atoms with E-state index < -0.39 is 0 Å². The Morgan fingerprint density at radius 2 is 1.44 bits per heavy atom. The van der Waals surface area contributed by atoms with Crippen LogP contribution in [0, 0.1) is 0 Å². The quantitative estimate of drug-likeness (QED) is 0.425. The van der Waals surface area contributed by atoms with Crippen molar-refractivity contribution in [2.45, 2.75) is 39.5 Å². The van der Waals surface area contributed by atoms with Crippen molar-refractivity contribution in [2.24, 2.45) is 0 Å². The third-order valence-corrected chi connectivity index (χ3v) is 4.93. The van der Waals surface area contributed by atoms with Crippen molar-refractivity contribution < 1.29 is 0 Å². The lowest BCUT2D eigenvalue weighted by molar-refractivity contribution is 0.764. The lowest BCUT2D eigenvalue weighted by Crippen LogP contribution is -1.99. The summed E-state index contributed by atoms with van der Waals surface area (Å²) in [5.74, 6) is 0. The zero-order valence-corrected chi connectivity index (χ0v) is 16.0. The molecule has 1 aromatic heterocycles. The molecule has 0 aliphatic rings. The van der Waals surface area contributed by atoms with E-state index in [0.29, 0.717) is 0 Å². The van der Waals surface area contributed by atoms with Gasteiger partial charge >= 0.3 is 0 Å². The molecule has 4 aromatic rings. The Morgan fingerprint density at radius 3 is 2.11 bits per heavy atom. The second-order valence-corrected chi connectivity index (χ2v) is 6.95. The molecule has 1 heterocycles. The summed E-state index contributed by atoms with van der Waals surface area (Å²) in [7, 11) is 0. The van der Waals surface area contributed by atoms with Crippen LogP contribution in [0.3, 0.4) is 0 Å². The number of hydrogen-bond donors (Lipinski definition) is 0. The summed E-state index contributed by atoms with van der Waals surface area (Å²) in [6, 6.07) is 23.1. The molecule has 4 rings (SSSR count). The Labute approximate surface area is 160 Å². The van der Waals surface area contributed by atoms with Gasteiger partial charge in [-0.2, -0.15) is 4.80 Å². The lowest BCUT2D eigenvalue weighted by Gasteiger charge is -2.15. The van der Waals surface area contributed by atoms with Crippen molar-refractivity contribution in [3.63, 3.8) is 0 Å². The Balaban J connectivity index is 1.99. The van der Waals surface area contributed by atoms with Crippen LogP contribution in [0.4, 0.5) is 0 Å². The molecule has 0 aliphatic heterocycles. The zero-order valence-electron chi connectivity index (χ0n) is 16.0. The fraction of sp³-hybridized carbons (Fsp3) is 0.250. The zero-order chi connectivity index (χ0) is 18.6. The van der Waals surface area contributed by atoms with Crippen molar-refractivity contribution in [3.05, 3.63) is 77.9 Å². The van der Waals surface area contributed by atoms with E-state index in [-0.39, 0.29) is 0 Å². The van der Waals surface area contributed by atoms with Gasteiger partial charge in [0.15, 0.2) is 0 Å². The number of aromatic nitrogens is 3. The number of rotatable bonds is 6. The summed E-state index contributed by atoms with van der Waals surface area (Å²) in [5.41, 5.74) is 8.35. The van der Waals surface area contributed by atoms with E-state index in [0.717, 1.165) is 42.4 Å². The van der Waals surface area contributed by atoms with Gasteiger partial charge in [0, 0.05) is 0 Å². The van der Waals surface area contributed by atoms with Gasteiger partial charge in [-0.15, -0.1) is 10.2 Å². The molecular weight excluding hydrogens is 330 g/mol. The monoisotopic (exact) mass is 355 g/mol. The van der Waals surface area contributed by atoms with Gasteiger partial charge in [0.2, 0.25) is 0 Å². The van der Waals surface area contributed by atoms with E-state index in [1.165, 1.54) is 22.3 Å². The predicted molar refractivity (Wildman–Crippen MR) is 112 cm³/mol. The van der Waals surface area contributed by atoms with E-state index in [4.69, 9.17) is 10.2 Å². The maximum absolute atomic E-state index is 4.89. The third kappa shape index (κ3) is 3.37. The largest absolute Gasteiger partial charge is 0.150 e. The minimum atomic E-state index is 0.991. The molecule has 0 saturated heterocycles. The van der Waals surface area contributed by atoms with Gasteiger partial charge in [-0.3, -0.25) is 0 Å². The summed E-state index contributed by atoms with van der Waals surface area (Å²) < 4.78 is 0. The Kier molecular flexibility index (Phi) is 5.01. The van der Waals surface area contributed by atoms with E-state index in [9.17, 15) is 0 Å². The van der Waals surface area contributed by atoms with Crippen molar-refractivity contribution in [1.29, 1.82) is 0 Å². The SMILES string of the molecule is CCCc1cc2nn(-c3ccccc3)nc2c(CCC)c1-c1ccccc1. The first-order valence-electron chi connectivity index (χ1n) is 9.84. The third-order valence-electron chi connectivity index (χ3n) is 4.93. The van der Waals surface area contributed by atoms with Gasteiger partial charge in [0.05, 0.1) is 5.69 Å². The first-order chi connectivity index (χ1) is 13.3. The molecule has 0 amide bonds. The smallest absolute Gasteiger partial charge is 0.117 e. The van der Waals surface area contributed by atoms with E-state index in [1.807, 2.05) is 30.3 Å². The molecule has 0 fully saturated rings. The van der Waals surface area contributed by atoms with Crippen molar-refractivity contribution in [3.8, 4) is 16.8 Å². The Morgan fingerprint density at radius 1 is 0.778 bits per heavy atom. The molecule has 0 N–H and O–H groups in total. The normalized spacial score (nSPS) is 11.2. The topological polar surface area (TPSA) is 30.7 Å². The first-order valence-corrected chi connectivity index (χ1v) is 9.84. The molecule has 0 unspecified atom stereocenters. The van der Waals surface area contributed by atoms with Crippen molar-refractivity contribution in [1.82, 2.24) is 15.0 Å². The molecule has 136 valence electrons. The Hall–Kier alpha value is -2.94. The van der Waals surface area contributed by atoms with Gasteiger partial charge in [0.25, 0.3) is 0 Å². The molecular formula is C24H25N3. The van der Waals surface area contributed by atoms with Crippen LogP contribution in [0.15, 0.2) is 66.7 Å².